The molecule has 0 saturated carbocycles. The molecule has 4 nitrogen and oxygen atoms in total. The van der Waals surface area contributed by atoms with Gasteiger partial charge in [0.1, 0.15) is 4.83 Å². The van der Waals surface area contributed by atoms with Crippen LogP contribution in [0, 0.1) is 0 Å². The fourth-order valence-corrected chi connectivity index (χ4v) is 2.09. The molecule has 1 aromatic carbocycles. The van der Waals surface area contributed by atoms with Crippen molar-refractivity contribution >= 4 is 55.3 Å². The quantitative estimate of drug-likeness (QED) is 0.626. The maximum atomic E-state index is 11.8. The fraction of sp³-hybridized carbons (Fsp3) is 0.273. The number of amides is 1. The summed E-state index contributed by atoms with van der Waals surface area (Å²) in [5.74, 6) is -0.801. The predicted octanol–water partition coefficient (Wildman–Crippen LogP) is 2.77. The van der Waals surface area contributed by atoms with E-state index in [1.807, 2.05) is 0 Å². The third-order valence-corrected chi connectivity index (χ3v) is 4.09. The van der Waals surface area contributed by atoms with Crippen LogP contribution in [-0.2, 0) is 9.53 Å². The van der Waals surface area contributed by atoms with E-state index in [-0.39, 0.29) is 12.5 Å². The zero-order chi connectivity index (χ0) is 13.7. The van der Waals surface area contributed by atoms with Crippen LogP contribution < -0.4 is 5.32 Å². The van der Waals surface area contributed by atoms with E-state index in [1.54, 1.807) is 18.2 Å². The number of carbonyl (C=O) groups excluding carboxylic acids is 2. The number of esters is 1. The summed E-state index contributed by atoms with van der Waals surface area (Å²) in [5, 5.41) is 2.92. The van der Waals surface area contributed by atoms with Gasteiger partial charge in [0.15, 0.2) is 0 Å². The fourth-order valence-electron chi connectivity index (χ4n) is 1.17. The molecule has 0 aliphatic carbocycles. The van der Waals surface area contributed by atoms with E-state index in [0.717, 1.165) is 0 Å². The number of ether oxygens (including phenoxy) is 1. The summed E-state index contributed by atoms with van der Waals surface area (Å²) in [5.41, 5.74) is 0.343. The summed E-state index contributed by atoms with van der Waals surface area (Å²) >= 11 is 12.3. The van der Waals surface area contributed by atoms with Crippen molar-refractivity contribution in [3.63, 3.8) is 0 Å². The van der Waals surface area contributed by atoms with Crippen molar-refractivity contribution in [1.29, 1.82) is 0 Å². The van der Waals surface area contributed by atoms with Gasteiger partial charge >= 0.3 is 5.97 Å². The van der Waals surface area contributed by atoms with Crippen LogP contribution in [0.5, 0.6) is 0 Å². The van der Waals surface area contributed by atoms with Crippen LogP contribution in [-0.4, -0.2) is 30.4 Å². The molecule has 0 spiro atoms. The molecule has 0 aliphatic heterocycles. The second-order valence-electron chi connectivity index (χ2n) is 3.30. The number of hydrogen-bond donors (Lipinski definition) is 1. The Morgan fingerprint density at radius 3 is 2.78 bits per heavy atom. The van der Waals surface area contributed by atoms with Crippen molar-refractivity contribution in [1.82, 2.24) is 5.32 Å². The van der Waals surface area contributed by atoms with Crippen LogP contribution in [0.15, 0.2) is 22.7 Å². The maximum Gasteiger partial charge on any atom is 0.321 e. The van der Waals surface area contributed by atoms with Gasteiger partial charge in [-0.05, 0) is 28.1 Å². The van der Waals surface area contributed by atoms with Crippen LogP contribution in [0.1, 0.15) is 10.4 Å². The highest BCUT2D eigenvalue weighted by Gasteiger charge is 2.18. The van der Waals surface area contributed by atoms with Crippen LogP contribution >= 0.6 is 43.5 Å². The molecule has 0 saturated heterocycles. The Kier molecular flexibility index (Phi) is 6.11. The molecule has 0 fully saturated rings. The summed E-state index contributed by atoms with van der Waals surface area (Å²) in [6.45, 7) is 0.119. The first-order valence-electron chi connectivity index (χ1n) is 4.91. The highest BCUT2D eigenvalue weighted by molar-refractivity contribution is 9.10. The lowest BCUT2D eigenvalue weighted by Gasteiger charge is -2.10. The molecule has 0 radical (unpaired) electrons. The smallest absolute Gasteiger partial charge is 0.321 e. The second-order valence-corrected chi connectivity index (χ2v) is 5.64. The maximum absolute atomic E-state index is 11.8. The first-order valence-corrected chi connectivity index (χ1v) is 7.00. The van der Waals surface area contributed by atoms with E-state index in [2.05, 4.69) is 41.9 Å². The summed E-state index contributed by atoms with van der Waals surface area (Å²) in [4.78, 5) is 22.4. The van der Waals surface area contributed by atoms with Gasteiger partial charge in [-0.25, -0.2) is 0 Å². The van der Waals surface area contributed by atoms with Gasteiger partial charge in [-0.2, -0.15) is 0 Å². The number of rotatable bonds is 4. The third kappa shape index (κ3) is 3.96. The highest BCUT2D eigenvalue weighted by atomic mass is 79.9. The molecule has 0 bridgehead atoms. The van der Waals surface area contributed by atoms with Crippen LogP contribution in [0.2, 0.25) is 5.02 Å². The lowest BCUT2D eigenvalue weighted by atomic mass is 10.2. The Labute approximate surface area is 126 Å². The van der Waals surface area contributed by atoms with Gasteiger partial charge in [0, 0.05) is 11.0 Å². The Balaban J connectivity index is 2.66. The van der Waals surface area contributed by atoms with Crippen LogP contribution in [0.25, 0.3) is 0 Å². The van der Waals surface area contributed by atoms with E-state index in [0.29, 0.717) is 15.1 Å². The van der Waals surface area contributed by atoms with E-state index in [1.165, 1.54) is 7.11 Å². The molecular formula is C11H10Br2ClNO3. The molecule has 0 aromatic heterocycles. The largest absolute Gasteiger partial charge is 0.468 e. The summed E-state index contributed by atoms with van der Waals surface area (Å²) in [6.07, 6.45) is 0. The average molecular weight is 399 g/mol. The van der Waals surface area contributed by atoms with Gasteiger partial charge in [0.2, 0.25) is 0 Å². The number of hydrogen-bond acceptors (Lipinski definition) is 3. The molecule has 1 rings (SSSR count). The predicted molar refractivity (Wildman–Crippen MR) is 76.2 cm³/mol. The standard InChI is InChI=1S/C11H10Br2ClNO3/c1-18-11(17)8(13)5-15-10(16)6-3-2-4-7(12)9(6)14/h2-4,8H,5H2,1H3,(H,15,16). The van der Waals surface area contributed by atoms with E-state index in [4.69, 9.17) is 11.6 Å². The lowest BCUT2D eigenvalue weighted by Crippen LogP contribution is -2.34. The molecule has 1 amide bonds. The normalized spacial score (nSPS) is 11.8. The molecule has 1 atom stereocenters. The zero-order valence-electron chi connectivity index (χ0n) is 9.38. The van der Waals surface area contributed by atoms with Crippen molar-refractivity contribution in [2.75, 3.05) is 13.7 Å². The summed E-state index contributed by atoms with van der Waals surface area (Å²) in [6, 6.07) is 5.04. The Morgan fingerprint density at radius 1 is 1.50 bits per heavy atom. The van der Waals surface area contributed by atoms with E-state index >= 15 is 0 Å². The van der Waals surface area contributed by atoms with Gasteiger partial charge in [-0.1, -0.05) is 33.6 Å². The Morgan fingerprint density at radius 2 is 2.17 bits per heavy atom. The van der Waals surface area contributed by atoms with Gasteiger partial charge < -0.3 is 10.1 Å². The monoisotopic (exact) mass is 397 g/mol. The first-order chi connectivity index (χ1) is 8.47. The molecule has 7 heteroatoms. The van der Waals surface area contributed by atoms with Crippen molar-refractivity contribution in [2.24, 2.45) is 0 Å². The molecule has 0 aliphatic rings. The van der Waals surface area contributed by atoms with Gasteiger partial charge in [0.05, 0.1) is 17.7 Å². The third-order valence-electron chi connectivity index (χ3n) is 2.09. The van der Waals surface area contributed by atoms with Gasteiger partial charge in [-0.3, -0.25) is 9.59 Å². The number of halogens is 3. The van der Waals surface area contributed by atoms with E-state index in [9.17, 15) is 9.59 Å². The zero-order valence-corrected chi connectivity index (χ0v) is 13.3. The Bertz CT molecular complexity index is 468. The molecule has 18 heavy (non-hydrogen) atoms. The van der Waals surface area contributed by atoms with Crippen LogP contribution in [0.3, 0.4) is 0 Å². The second kappa shape index (κ2) is 7.11. The van der Waals surface area contributed by atoms with Crippen molar-refractivity contribution < 1.29 is 14.3 Å². The minimum absolute atomic E-state index is 0.119. The van der Waals surface area contributed by atoms with Crippen LogP contribution in [0.4, 0.5) is 0 Å². The minimum Gasteiger partial charge on any atom is -0.468 e. The lowest BCUT2D eigenvalue weighted by molar-refractivity contribution is -0.139. The first kappa shape index (κ1) is 15.5. The van der Waals surface area contributed by atoms with Crippen molar-refractivity contribution in [2.45, 2.75) is 4.83 Å². The van der Waals surface area contributed by atoms with Gasteiger partial charge in [0.25, 0.3) is 5.91 Å². The SMILES string of the molecule is COC(=O)C(Br)CNC(=O)c1cccc(Br)c1Cl. The Hall–Kier alpha value is -0.590. The highest BCUT2D eigenvalue weighted by Crippen LogP contribution is 2.25. The van der Waals surface area contributed by atoms with Crippen molar-refractivity contribution in [3.8, 4) is 0 Å². The average Bonchev–Trinajstić information content (AvgIpc) is 2.37. The molecular weight excluding hydrogens is 389 g/mol. The summed E-state index contributed by atoms with van der Waals surface area (Å²) in [7, 11) is 1.28. The molecule has 1 N–H and O–H groups in total. The molecule has 0 heterocycles. The van der Waals surface area contributed by atoms with Crippen molar-refractivity contribution in [3.05, 3.63) is 33.3 Å². The summed E-state index contributed by atoms with van der Waals surface area (Å²) < 4.78 is 5.16. The topological polar surface area (TPSA) is 55.4 Å². The number of alkyl halides is 1. The van der Waals surface area contributed by atoms with Gasteiger partial charge in [-0.15, -0.1) is 0 Å². The van der Waals surface area contributed by atoms with E-state index < -0.39 is 10.8 Å². The number of nitrogens with one attached hydrogen (secondary N) is 1. The number of carbonyl (C=O) groups is 2. The number of methoxy groups -OCH3 is 1. The molecule has 1 unspecified atom stereocenters. The molecule has 98 valence electrons. The minimum atomic E-state index is -0.586. The number of benzene rings is 1. The molecule has 1 aromatic rings.